The number of halogens is 5. The minimum Gasteiger partial charge on any atom is -0.449 e. The van der Waals surface area contributed by atoms with Crippen LogP contribution < -0.4 is 16.0 Å². The van der Waals surface area contributed by atoms with Crippen LogP contribution >= 0.6 is 11.6 Å². The van der Waals surface area contributed by atoms with E-state index in [0.717, 1.165) is 7.05 Å². The fraction of sp³-hybridized carbons (Fsp3) is 0.154. The maximum absolute atomic E-state index is 14.1. The smallest absolute Gasteiger partial charge is 0.449 e. The largest absolute Gasteiger partial charge is 0.511 e. The molecule has 0 aliphatic heterocycles. The normalized spacial score (nSPS) is 11.4. The molecule has 25 heavy (non-hydrogen) atoms. The summed E-state index contributed by atoms with van der Waals surface area (Å²) in [5.74, 6) is -1.86. The molecule has 0 bridgehead atoms. The first-order chi connectivity index (χ1) is 11.4. The van der Waals surface area contributed by atoms with Gasteiger partial charge < -0.3 is 9.84 Å². The van der Waals surface area contributed by atoms with Gasteiger partial charge in [0.05, 0.1) is 10.7 Å². The molecule has 1 aromatic carbocycles. The van der Waals surface area contributed by atoms with Crippen molar-refractivity contribution in [3.05, 3.63) is 55.6 Å². The van der Waals surface area contributed by atoms with Gasteiger partial charge in [-0.2, -0.15) is 13.2 Å². The third-order valence-corrected chi connectivity index (χ3v) is 3.35. The molecule has 0 amide bonds. The van der Waals surface area contributed by atoms with Crippen molar-refractivity contribution in [3.8, 4) is 11.4 Å². The SMILES string of the molecule is Cn1c(C(F)(F)F)cc(=O)n(-c2cc(OC(=O)O)c(Cl)cc2F)c1=O. The third-order valence-electron chi connectivity index (χ3n) is 3.05. The Hall–Kier alpha value is -2.82. The summed E-state index contributed by atoms with van der Waals surface area (Å²) in [6, 6.07) is 1.27. The molecule has 0 spiro atoms. The summed E-state index contributed by atoms with van der Waals surface area (Å²) in [5, 5.41) is 8.08. The molecule has 12 heteroatoms. The van der Waals surface area contributed by atoms with E-state index in [1.165, 1.54) is 0 Å². The fourth-order valence-electron chi connectivity index (χ4n) is 1.98. The highest BCUT2D eigenvalue weighted by Gasteiger charge is 2.35. The van der Waals surface area contributed by atoms with Crippen LogP contribution in [0.4, 0.5) is 22.4 Å². The van der Waals surface area contributed by atoms with Gasteiger partial charge in [-0.3, -0.25) is 9.36 Å². The average molecular weight is 383 g/mol. The molecule has 0 aliphatic rings. The number of hydrogen-bond acceptors (Lipinski definition) is 4. The predicted octanol–water partition coefficient (Wildman–Crippen LogP) is 2.40. The van der Waals surface area contributed by atoms with E-state index in [-0.39, 0.29) is 15.2 Å². The summed E-state index contributed by atoms with van der Waals surface area (Å²) in [6.45, 7) is 0. The Bertz CT molecular complexity index is 980. The van der Waals surface area contributed by atoms with Gasteiger partial charge in [-0.1, -0.05) is 11.6 Å². The zero-order valence-electron chi connectivity index (χ0n) is 12.1. The molecular weight excluding hydrogens is 376 g/mol. The monoisotopic (exact) mass is 382 g/mol. The van der Waals surface area contributed by atoms with Crippen LogP contribution in [0.15, 0.2) is 27.8 Å². The zero-order valence-corrected chi connectivity index (χ0v) is 12.9. The molecule has 2 rings (SSSR count). The molecule has 0 atom stereocenters. The van der Waals surface area contributed by atoms with Crippen LogP contribution in [0.3, 0.4) is 0 Å². The topological polar surface area (TPSA) is 90.5 Å². The summed E-state index contributed by atoms with van der Waals surface area (Å²) >= 11 is 5.58. The van der Waals surface area contributed by atoms with Gasteiger partial charge in [0.1, 0.15) is 11.5 Å². The number of aromatic nitrogens is 2. The zero-order chi connectivity index (χ0) is 19.1. The molecule has 0 radical (unpaired) electrons. The number of rotatable bonds is 2. The maximum Gasteiger partial charge on any atom is 0.511 e. The van der Waals surface area contributed by atoms with Crippen molar-refractivity contribution < 1.29 is 32.2 Å². The molecule has 0 fully saturated rings. The molecule has 1 N–H and O–H groups in total. The second kappa shape index (κ2) is 6.24. The minimum absolute atomic E-state index is 0.0929. The van der Waals surface area contributed by atoms with E-state index in [1.807, 2.05) is 0 Å². The number of nitrogens with zero attached hydrogens (tertiary/aromatic N) is 2. The van der Waals surface area contributed by atoms with Crippen molar-refractivity contribution in [1.82, 2.24) is 9.13 Å². The van der Waals surface area contributed by atoms with Crippen molar-refractivity contribution in [3.63, 3.8) is 0 Å². The summed E-state index contributed by atoms with van der Waals surface area (Å²) in [5.41, 5.74) is -5.32. The molecule has 134 valence electrons. The van der Waals surface area contributed by atoms with Gasteiger partial charge in [-0.05, 0) is 6.07 Å². The Kier molecular flexibility index (Phi) is 4.62. The molecular formula is C13H7ClF4N2O5. The average Bonchev–Trinajstić information content (AvgIpc) is 2.45. The highest BCUT2D eigenvalue weighted by molar-refractivity contribution is 6.32. The number of carbonyl (C=O) groups is 1. The van der Waals surface area contributed by atoms with Gasteiger partial charge >= 0.3 is 18.0 Å². The Morgan fingerprint density at radius 2 is 1.84 bits per heavy atom. The van der Waals surface area contributed by atoms with E-state index >= 15 is 0 Å². The molecule has 7 nitrogen and oxygen atoms in total. The van der Waals surface area contributed by atoms with Crippen LogP contribution in [0.2, 0.25) is 5.02 Å². The number of carboxylic acid groups (broad SMARTS) is 1. The molecule has 0 saturated heterocycles. The second-order valence-corrected chi connectivity index (χ2v) is 5.05. The summed E-state index contributed by atoms with van der Waals surface area (Å²) < 4.78 is 56.9. The molecule has 2 aromatic rings. The first-order valence-electron chi connectivity index (χ1n) is 6.24. The van der Waals surface area contributed by atoms with Crippen LogP contribution in [0.5, 0.6) is 5.75 Å². The Morgan fingerprint density at radius 3 is 2.36 bits per heavy atom. The third kappa shape index (κ3) is 3.50. The lowest BCUT2D eigenvalue weighted by atomic mass is 10.2. The van der Waals surface area contributed by atoms with E-state index in [2.05, 4.69) is 4.74 Å². The molecule has 1 aromatic heterocycles. The Labute approximate surface area is 140 Å². The van der Waals surface area contributed by atoms with Gasteiger partial charge in [-0.25, -0.2) is 18.5 Å². The summed E-state index contributed by atoms with van der Waals surface area (Å²) in [4.78, 5) is 34.6. The van der Waals surface area contributed by atoms with Crippen LogP contribution in [0.1, 0.15) is 5.69 Å². The Morgan fingerprint density at radius 1 is 1.24 bits per heavy atom. The standard InChI is InChI=1S/C13H7ClF4N2O5/c1-19-9(13(16,17)18)4-10(21)20(11(19)22)7-3-8(25-12(23)24)5(14)2-6(7)15/h2-4H,1H3,(H,23,24). The van der Waals surface area contributed by atoms with Gasteiger partial charge in [0, 0.05) is 19.2 Å². The van der Waals surface area contributed by atoms with E-state index in [0.29, 0.717) is 12.1 Å². The maximum atomic E-state index is 14.1. The van der Waals surface area contributed by atoms with Crippen LogP contribution in [0, 0.1) is 5.82 Å². The van der Waals surface area contributed by atoms with Gasteiger partial charge in [0.25, 0.3) is 5.56 Å². The number of ether oxygens (including phenoxy) is 1. The number of alkyl halides is 3. The minimum atomic E-state index is -4.98. The lowest BCUT2D eigenvalue weighted by Crippen LogP contribution is -2.41. The second-order valence-electron chi connectivity index (χ2n) is 4.64. The van der Waals surface area contributed by atoms with Gasteiger partial charge in [0.15, 0.2) is 5.75 Å². The van der Waals surface area contributed by atoms with E-state index in [1.54, 1.807) is 0 Å². The Balaban J connectivity index is 2.80. The first-order valence-corrected chi connectivity index (χ1v) is 6.61. The molecule has 1 heterocycles. The van der Waals surface area contributed by atoms with Crippen LogP contribution in [-0.4, -0.2) is 20.4 Å². The quantitative estimate of drug-likeness (QED) is 0.489. The molecule has 0 unspecified atom stereocenters. The number of hydrogen-bond donors (Lipinski definition) is 1. The van der Waals surface area contributed by atoms with E-state index in [9.17, 15) is 31.9 Å². The van der Waals surface area contributed by atoms with Crippen molar-refractivity contribution in [2.75, 3.05) is 0 Å². The van der Waals surface area contributed by atoms with Crippen molar-refractivity contribution in [1.29, 1.82) is 0 Å². The lowest BCUT2D eigenvalue weighted by molar-refractivity contribution is -0.144. The van der Waals surface area contributed by atoms with Crippen molar-refractivity contribution in [2.45, 2.75) is 6.18 Å². The molecule has 0 saturated carbocycles. The summed E-state index contributed by atoms with van der Waals surface area (Å²) in [7, 11) is 0.740. The first kappa shape index (κ1) is 18.5. The predicted molar refractivity (Wildman–Crippen MR) is 75.9 cm³/mol. The van der Waals surface area contributed by atoms with E-state index < -0.39 is 51.6 Å². The van der Waals surface area contributed by atoms with Gasteiger partial charge in [-0.15, -0.1) is 0 Å². The number of benzene rings is 1. The fourth-order valence-corrected chi connectivity index (χ4v) is 2.17. The van der Waals surface area contributed by atoms with Crippen molar-refractivity contribution in [2.24, 2.45) is 7.05 Å². The molecule has 0 aliphatic carbocycles. The van der Waals surface area contributed by atoms with Crippen molar-refractivity contribution >= 4 is 17.8 Å². The van der Waals surface area contributed by atoms with Gasteiger partial charge in [0.2, 0.25) is 0 Å². The highest BCUT2D eigenvalue weighted by Crippen LogP contribution is 2.30. The van der Waals surface area contributed by atoms with Crippen LogP contribution in [-0.2, 0) is 13.2 Å². The lowest BCUT2D eigenvalue weighted by Gasteiger charge is -2.15. The highest BCUT2D eigenvalue weighted by atomic mass is 35.5. The summed E-state index contributed by atoms with van der Waals surface area (Å²) in [6.07, 6.45) is -6.80. The van der Waals surface area contributed by atoms with E-state index in [4.69, 9.17) is 16.7 Å². The van der Waals surface area contributed by atoms with Crippen LogP contribution in [0.25, 0.3) is 5.69 Å².